The van der Waals surface area contributed by atoms with E-state index in [2.05, 4.69) is 33.8 Å². The monoisotopic (exact) mass is 293 g/mol. The number of carbonyl (C=O) groups excluding carboxylic acids is 1. The summed E-state index contributed by atoms with van der Waals surface area (Å²) in [6.07, 6.45) is 4.86. The summed E-state index contributed by atoms with van der Waals surface area (Å²) in [5, 5.41) is 9.50. The maximum atomic E-state index is 12.9. The second-order valence-corrected chi connectivity index (χ2v) is 7.37. The van der Waals surface area contributed by atoms with E-state index in [4.69, 9.17) is 0 Å². The van der Waals surface area contributed by atoms with E-state index in [0.29, 0.717) is 24.9 Å². The van der Waals surface area contributed by atoms with Crippen molar-refractivity contribution in [2.45, 2.75) is 34.1 Å². The van der Waals surface area contributed by atoms with E-state index in [1.54, 1.807) is 0 Å². The predicted molar refractivity (Wildman–Crippen MR) is 81.6 cm³/mol. The first-order valence-electron chi connectivity index (χ1n) is 8.01. The van der Waals surface area contributed by atoms with E-state index in [1.165, 1.54) is 0 Å². The molecule has 2 rings (SSSR count). The van der Waals surface area contributed by atoms with Crippen LogP contribution in [-0.2, 0) is 9.59 Å². The normalized spacial score (nSPS) is 30.4. The molecule has 0 aromatic rings. The second-order valence-electron chi connectivity index (χ2n) is 7.37. The van der Waals surface area contributed by atoms with Gasteiger partial charge in [-0.05, 0) is 30.1 Å². The summed E-state index contributed by atoms with van der Waals surface area (Å²) >= 11 is 0. The Kier molecular flexibility index (Phi) is 4.74. The summed E-state index contributed by atoms with van der Waals surface area (Å²) in [6.45, 7) is 9.79. The summed E-state index contributed by atoms with van der Waals surface area (Å²) in [5.41, 5.74) is 0. The highest BCUT2D eigenvalue weighted by Gasteiger charge is 2.52. The van der Waals surface area contributed by atoms with Crippen LogP contribution in [0, 0.1) is 35.5 Å². The lowest BCUT2D eigenvalue weighted by atomic mass is 9.82. The Bertz CT molecular complexity index is 431. The van der Waals surface area contributed by atoms with Crippen molar-refractivity contribution in [2.24, 2.45) is 35.5 Å². The third-order valence-corrected chi connectivity index (χ3v) is 4.51. The van der Waals surface area contributed by atoms with Gasteiger partial charge in [0.2, 0.25) is 5.91 Å². The zero-order chi connectivity index (χ0) is 15.7. The number of hydrogen-bond acceptors (Lipinski definition) is 2. The number of carboxylic acid groups (broad SMARTS) is 1. The van der Waals surface area contributed by atoms with Crippen LogP contribution < -0.4 is 0 Å². The molecule has 0 radical (unpaired) electrons. The maximum Gasteiger partial charge on any atom is 0.307 e. The van der Waals surface area contributed by atoms with Crippen LogP contribution in [0.3, 0.4) is 0 Å². The standard InChI is InChI=1S/C17H27NO3/c1-10(2)8-18(9-11(3)4)16(19)14-12-5-6-13(7-12)15(14)17(20)21/h5-6,10-15H,7-9H2,1-4H3,(H,20,21). The molecule has 0 aromatic carbocycles. The van der Waals surface area contributed by atoms with Gasteiger partial charge in [0.15, 0.2) is 0 Å². The summed E-state index contributed by atoms with van der Waals surface area (Å²) < 4.78 is 0. The van der Waals surface area contributed by atoms with E-state index < -0.39 is 11.9 Å². The van der Waals surface area contributed by atoms with Crippen molar-refractivity contribution in [3.8, 4) is 0 Å². The molecule has 4 unspecified atom stereocenters. The lowest BCUT2D eigenvalue weighted by Gasteiger charge is -2.33. The molecular weight excluding hydrogens is 266 g/mol. The van der Waals surface area contributed by atoms with Gasteiger partial charge in [0.1, 0.15) is 0 Å². The number of rotatable bonds is 6. The highest BCUT2D eigenvalue weighted by atomic mass is 16.4. The number of amides is 1. The molecule has 0 aromatic heterocycles. The van der Waals surface area contributed by atoms with E-state index in [9.17, 15) is 14.7 Å². The van der Waals surface area contributed by atoms with Gasteiger partial charge in [0.25, 0.3) is 0 Å². The molecule has 0 aliphatic heterocycles. The molecule has 2 bridgehead atoms. The minimum absolute atomic E-state index is 0.0430. The van der Waals surface area contributed by atoms with Crippen LogP contribution in [0.2, 0.25) is 0 Å². The summed E-state index contributed by atoms with van der Waals surface area (Å²) in [4.78, 5) is 26.4. The zero-order valence-corrected chi connectivity index (χ0v) is 13.5. The van der Waals surface area contributed by atoms with Crippen molar-refractivity contribution in [3.05, 3.63) is 12.2 Å². The molecular formula is C17H27NO3. The minimum Gasteiger partial charge on any atom is -0.481 e. The average molecular weight is 293 g/mol. The SMILES string of the molecule is CC(C)CN(CC(C)C)C(=O)C1C2C=CC(C2)C1C(=O)O. The van der Waals surface area contributed by atoms with Crippen LogP contribution in [0.15, 0.2) is 12.2 Å². The lowest BCUT2D eigenvalue weighted by molar-refractivity contribution is -0.151. The van der Waals surface area contributed by atoms with Crippen LogP contribution >= 0.6 is 0 Å². The van der Waals surface area contributed by atoms with Crippen LogP contribution in [-0.4, -0.2) is 35.0 Å². The van der Waals surface area contributed by atoms with Crippen molar-refractivity contribution >= 4 is 11.9 Å². The van der Waals surface area contributed by atoms with Crippen LogP contribution in [0.4, 0.5) is 0 Å². The largest absolute Gasteiger partial charge is 0.481 e. The van der Waals surface area contributed by atoms with Crippen LogP contribution in [0.1, 0.15) is 34.1 Å². The Labute approximate surface area is 127 Å². The molecule has 1 fully saturated rings. The van der Waals surface area contributed by atoms with E-state index in [0.717, 1.165) is 6.42 Å². The lowest BCUT2D eigenvalue weighted by Crippen LogP contribution is -2.45. The molecule has 4 heteroatoms. The molecule has 118 valence electrons. The molecule has 1 N–H and O–H groups in total. The highest BCUT2D eigenvalue weighted by Crippen LogP contribution is 2.48. The molecule has 21 heavy (non-hydrogen) atoms. The number of aliphatic carboxylic acids is 1. The third-order valence-electron chi connectivity index (χ3n) is 4.51. The highest BCUT2D eigenvalue weighted by molar-refractivity contribution is 5.87. The molecule has 0 spiro atoms. The molecule has 0 heterocycles. The van der Waals surface area contributed by atoms with Crippen LogP contribution in [0.25, 0.3) is 0 Å². The fourth-order valence-electron chi connectivity index (χ4n) is 3.84. The van der Waals surface area contributed by atoms with Gasteiger partial charge < -0.3 is 10.0 Å². The molecule has 4 atom stereocenters. The van der Waals surface area contributed by atoms with Crippen molar-refractivity contribution in [1.82, 2.24) is 4.90 Å². The van der Waals surface area contributed by atoms with E-state index in [-0.39, 0.29) is 23.7 Å². The first kappa shape index (κ1) is 16.1. The number of allylic oxidation sites excluding steroid dienone is 2. The molecule has 0 saturated heterocycles. The van der Waals surface area contributed by atoms with E-state index in [1.807, 2.05) is 11.0 Å². The van der Waals surface area contributed by atoms with Gasteiger partial charge in [-0.3, -0.25) is 9.59 Å². The Morgan fingerprint density at radius 1 is 1.05 bits per heavy atom. The summed E-state index contributed by atoms with van der Waals surface area (Å²) in [5.74, 6) is -0.729. The zero-order valence-electron chi connectivity index (χ0n) is 13.5. The minimum atomic E-state index is -0.820. The Hall–Kier alpha value is -1.32. The Balaban J connectivity index is 2.19. The fraction of sp³-hybridized carbons (Fsp3) is 0.765. The predicted octanol–water partition coefficient (Wildman–Crippen LogP) is 2.65. The fourth-order valence-corrected chi connectivity index (χ4v) is 3.84. The molecule has 4 nitrogen and oxygen atoms in total. The topological polar surface area (TPSA) is 57.6 Å². The summed E-state index contributed by atoms with van der Waals surface area (Å²) in [7, 11) is 0. The van der Waals surface area contributed by atoms with Crippen molar-refractivity contribution < 1.29 is 14.7 Å². The molecule has 2 aliphatic carbocycles. The van der Waals surface area contributed by atoms with Gasteiger partial charge in [-0.2, -0.15) is 0 Å². The number of hydrogen-bond donors (Lipinski definition) is 1. The Morgan fingerprint density at radius 2 is 1.52 bits per heavy atom. The van der Waals surface area contributed by atoms with Gasteiger partial charge in [-0.15, -0.1) is 0 Å². The second kappa shape index (κ2) is 6.20. The Morgan fingerprint density at radius 3 is 1.95 bits per heavy atom. The number of fused-ring (bicyclic) bond motifs is 2. The maximum absolute atomic E-state index is 12.9. The molecule has 2 aliphatic rings. The molecule has 1 saturated carbocycles. The van der Waals surface area contributed by atoms with Crippen molar-refractivity contribution in [2.75, 3.05) is 13.1 Å². The van der Waals surface area contributed by atoms with Gasteiger partial charge >= 0.3 is 5.97 Å². The van der Waals surface area contributed by atoms with E-state index >= 15 is 0 Å². The van der Waals surface area contributed by atoms with Gasteiger partial charge in [0, 0.05) is 13.1 Å². The van der Waals surface area contributed by atoms with Crippen LogP contribution in [0.5, 0.6) is 0 Å². The van der Waals surface area contributed by atoms with Crippen molar-refractivity contribution in [3.63, 3.8) is 0 Å². The first-order chi connectivity index (χ1) is 9.81. The number of carbonyl (C=O) groups is 2. The summed E-state index contributed by atoms with van der Waals surface area (Å²) in [6, 6.07) is 0. The third kappa shape index (κ3) is 3.30. The van der Waals surface area contributed by atoms with Crippen molar-refractivity contribution in [1.29, 1.82) is 0 Å². The number of nitrogens with zero attached hydrogens (tertiary/aromatic N) is 1. The first-order valence-corrected chi connectivity index (χ1v) is 8.01. The average Bonchev–Trinajstić information content (AvgIpc) is 2.95. The van der Waals surface area contributed by atoms with Gasteiger partial charge in [-0.1, -0.05) is 39.8 Å². The number of carboxylic acids is 1. The quantitative estimate of drug-likeness (QED) is 0.766. The van der Waals surface area contributed by atoms with Gasteiger partial charge in [0.05, 0.1) is 11.8 Å². The van der Waals surface area contributed by atoms with Gasteiger partial charge in [-0.25, -0.2) is 0 Å². The molecule has 1 amide bonds. The smallest absolute Gasteiger partial charge is 0.307 e.